The first-order valence-electron chi connectivity index (χ1n) is 6.31. The second kappa shape index (κ2) is 6.93. The van der Waals surface area contributed by atoms with E-state index in [4.69, 9.17) is 5.11 Å². The molecule has 1 N–H and O–H groups in total. The molecule has 0 aromatic heterocycles. The zero-order valence-corrected chi connectivity index (χ0v) is 11.2. The van der Waals surface area contributed by atoms with Gasteiger partial charge in [-0.05, 0) is 14.1 Å². The van der Waals surface area contributed by atoms with E-state index in [2.05, 4.69) is 21.7 Å². The maximum absolute atomic E-state index is 10.7. The molecule has 1 heterocycles. The maximum atomic E-state index is 10.7. The number of hydrogen-bond acceptors (Lipinski definition) is 4. The average molecular weight is 243 g/mol. The van der Waals surface area contributed by atoms with Crippen LogP contribution in [0.2, 0.25) is 0 Å². The molecule has 0 aromatic carbocycles. The van der Waals surface area contributed by atoms with Gasteiger partial charge in [-0.3, -0.25) is 9.69 Å². The van der Waals surface area contributed by atoms with E-state index in [1.165, 1.54) is 0 Å². The molecule has 5 nitrogen and oxygen atoms in total. The fourth-order valence-corrected chi connectivity index (χ4v) is 2.02. The fourth-order valence-electron chi connectivity index (χ4n) is 2.02. The molecule has 1 rings (SSSR count). The highest BCUT2D eigenvalue weighted by Crippen LogP contribution is 2.01. The Morgan fingerprint density at radius 2 is 1.94 bits per heavy atom. The Bertz CT molecular complexity index is 240. The molecule has 1 aliphatic heterocycles. The molecule has 0 aromatic rings. The molecule has 5 heteroatoms. The van der Waals surface area contributed by atoms with Gasteiger partial charge in [-0.1, -0.05) is 6.92 Å². The summed E-state index contributed by atoms with van der Waals surface area (Å²) in [5.74, 6) is -0.996. The number of carboxylic acid groups (broad SMARTS) is 1. The molecule has 0 spiro atoms. The lowest BCUT2D eigenvalue weighted by atomic mass is 10.2. The molecule has 17 heavy (non-hydrogen) atoms. The van der Waals surface area contributed by atoms with Gasteiger partial charge in [0.1, 0.15) is 0 Å². The molecule has 0 saturated carbocycles. The molecule has 1 unspecified atom stereocenters. The van der Waals surface area contributed by atoms with Gasteiger partial charge in [-0.2, -0.15) is 0 Å². The molecule has 0 amide bonds. The van der Waals surface area contributed by atoms with Crippen molar-refractivity contribution in [2.75, 3.05) is 59.9 Å². The normalized spacial score (nSPS) is 20.7. The van der Waals surface area contributed by atoms with Crippen LogP contribution in [0.3, 0.4) is 0 Å². The molecule has 0 radical (unpaired) electrons. The third kappa shape index (κ3) is 5.48. The average Bonchev–Trinajstić information content (AvgIpc) is 2.28. The summed E-state index contributed by atoms with van der Waals surface area (Å²) in [6.07, 6.45) is 0. The number of hydrogen-bond donors (Lipinski definition) is 1. The van der Waals surface area contributed by atoms with Gasteiger partial charge < -0.3 is 14.9 Å². The number of aliphatic carboxylic acids is 1. The molecule has 1 atom stereocenters. The first-order chi connectivity index (χ1) is 7.99. The predicted octanol–water partition coefficient (Wildman–Crippen LogP) is -0.114. The zero-order valence-electron chi connectivity index (χ0n) is 11.2. The van der Waals surface area contributed by atoms with E-state index >= 15 is 0 Å². The van der Waals surface area contributed by atoms with E-state index in [0.29, 0.717) is 6.54 Å². The minimum atomic E-state index is -0.712. The summed E-state index contributed by atoms with van der Waals surface area (Å²) >= 11 is 0. The van der Waals surface area contributed by atoms with E-state index in [1.54, 1.807) is 6.92 Å². The first-order valence-corrected chi connectivity index (χ1v) is 6.31. The van der Waals surface area contributed by atoms with Crippen LogP contribution in [0.25, 0.3) is 0 Å². The van der Waals surface area contributed by atoms with Gasteiger partial charge in [-0.15, -0.1) is 0 Å². The fraction of sp³-hybridized carbons (Fsp3) is 0.917. The van der Waals surface area contributed by atoms with Crippen LogP contribution in [0, 0.1) is 5.92 Å². The Morgan fingerprint density at radius 1 is 1.35 bits per heavy atom. The summed E-state index contributed by atoms with van der Waals surface area (Å²) in [6, 6.07) is 0. The quantitative estimate of drug-likeness (QED) is 0.705. The van der Waals surface area contributed by atoms with Crippen molar-refractivity contribution in [2.45, 2.75) is 6.92 Å². The number of likely N-dealkylation sites (N-methyl/N-ethyl adjacent to an activating group) is 2. The van der Waals surface area contributed by atoms with E-state index < -0.39 is 5.97 Å². The summed E-state index contributed by atoms with van der Waals surface area (Å²) in [5, 5.41) is 8.83. The lowest BCUT2D eigenvalue weighted by Gasteiger charge is -2.33. The molecular weight excluding hydrogens is 218 g/mol. The molecule has 0 aliphatic carbocycles. The minimum absolute atomic E-state index is 0.285. The van der Waals surface area contributed by atoms with Gasteiger partial charge in [0.25, 0.3) is 0 Å². The zero-order chi connectivity index (χ0) is 12.8. The van der Waals surface area contributed by atoms with Crippen LogP contribution in [0.15, 0.2) is 0 Å². The van der Waals surface area contributed by atoms with Crippen LogP contribution >= 0.6 is 0 Å². The van der Waals surface area contributed by atoms with E-state index in [9.17, 15) is 4.79 Å². The van der Waals surface area contributed by atoms with Crippen LogP contribution in [-0.4, -0.2) is 85.7 Å². The van der Waals surface area contributed by atoms with E-state index in [1.807, 2.05) is 7.05 Å². The SMILES string of the molecule is CC(CN(C)CCN1CCN(C)CC1)C(=O)O. The van der Waals surface area contributed by atoms with Crippen molar-refractivity contribution in [3.63, 3.8) is 0 Å². The van der Waals surface area contributed by atoms with Gasteiger partial charge in [0.05, 0.1) is 5.92 Å². The van der Waals surface area contributed by atoms with Crippen molar-refractivity contribution in [1.29, 1.82) is 0 Å². The lowest BCUT2D eigenvalue weighted by molar-refractivity contribution is -0.141. The summed E-state index contributed by atoms with van der Waals surface area (Å²) < 4.78 is 0. The lowest BCUT2D eigenvalue weighted by Crippen LogP contribution is -2.47. The van der Waals surface area contributed by atoms with Gasteiger partial charge >= 0.3 is 5.97 Å². The second-order valence-corrected chi connectivity index (χ2v) is 5.15. The van der Waals surface area contributed by atoms with E-state index in [-0.39, 0.29) is 5.92 Å². The van der Waals surface area contributed by atoms with Crippen LogP contribution in [0.5, 0.6) is 0 Å². The summed E-state index contributed by atoms with van der Waals surface area (Å²) in [7, 11) is 4.15. The largest absolute Gasteiger partial charge is 0.481 e. The topological polar surface area (TPSA) is 47.0 Å². The summed E-state index contributed by atoms with van der Waals surface area (Å²) in [6.45, 7) is 8.89. The maximum Gasteiger partial charge on any atom is 0.307 e. The predicted molar refractivity (Wildman–Crippen MR) is 68.2 cm³/mol. The van der Waals surface area contributed by atoms with Gasteiger partial charge in [0.15, 0.2) is 0 Å². The van der Waals surface area contributed by atoms with Crippen molar-refractivity contribution in [3.05, 3.63) is 0 Å². The second-order valence-electron chi connectivity index (χ2n) is 5.15. The Balaban J connectivity index is 2.15. The number of nitrogens with zero attached hydrogens (tertiary/aromatic N) is 3. The smallest absolute Gasteiger partial charge is 0.307 e. The van der Waals surface area contributed by atoms with Gasteiger partial charge in [-0.25, -0.2) is 0 Å². The van der Waals surface area contributed by atoms with Crippen molar-refractivity contribution < 1.29 is 9.90 Å². The molecule has 1 aliphatic rings. The Morgan fingerprint density at radius 3 is 2.47 bits per heavy atom. The van der Waals surface area contributed by atoms with Gasteiger partial charge in [0, 0.05) is 45.8 Å². The Kier molecular flexibility index (Phi) is 5.88. The highest BCUT2D eigenvalue weighted by molar-refractivity contribution is 5.69. The third-order valence-electron chi connectivity index (χ3n) is 3.40. The molecule has 1 saturated heterocycles. The third-order valence-corrected chi connectivity index (χ3v) is 3.40. The number of carboxylic acids is 1. The molecule has 0 bridgehead atoms. The highest BCUT2D eigenvalue weighted by Gasteiger charge is 2.16. The molecular formula is C12H25N3O2. The van der Waals surface area contributed by atoms with Crippen LogP contribution < -0.4 is 0 Å². The Hall–Kier alpha value is -0.650. The van der Waals surface area contributed by atoms with Crippen molar-refractivity contribution in [1.82, 2.24) is 14.7 Å². The van der Waals surface area contributed by atoms with Crippen LogP contribution in [0.4, 0.5) is 0 Å². The molecule has 100 valence electrons. The van der Waals surface area contributed by atoms with Crippen LogP contribution in [-0.2, 0) is 4.79 Å². The van der Waals surface area contributed by atoms with Gasteiger partial charge in [0.2, 0.25) is 0 Å². The number of rotatable bonds is 6. The van der Waals surface area contributed by atoms with Crippen molar-refractivity contribution in [3.8, 4) is 0 Å². The number of carbonyl (C=O) groups is 1. The minimum Gasteiger partial charge on any atom is -0.481 e. The van der Waals surface area contributed by atoms with E-state index in [0.717, 1.165) is 39.3 Å². The monoisotopic (exact) mass is 243 g/mol. The number of piperazine rings is 1. The molecule has 1 fully saturated rings. The Labute approximate surface area is 104 Å². The summed E-state index contributed by atoms with van der Waals surface area (Å²) in [4.78, 5) is 17.6. The summed E-state index contributed by atoms with van der Waals surface area (Å²) in [5.41, 5.74) is 0. The van der Waals surface area contributed by atoms with Crippen LogP contribution in [0.1, 0.15) is 6.92 Å². The first kappa shape index (κ1) is 14.4. The van der Waals surface area contributed by atoms with Crippen molar-refractivity contribution in [2.24, 2.45) is 5.92 Å². The highest BCUT2D eigenvalue weighted by atomic mass is 16.4. The standard InChI is InChI=1S/C12H25N3O2/c1-11(12(16)17)10-14(3)6-9-15-7-4-13(2)5-8-15/h11H,4-10H2,1-3H3,(H,16,17). The van der Waals surface area contributed by atoms with Crippen molar-refractivity contribution >= 4 is 5.97 Å².